The Morgan fingerprint density at radius 3 is 2.40 bits per heavy atom. The summed E-state index contributed by atoms with van der Waals surface area (Å²) < 4.78 is 39.7. The van der Waals surface area contributed by atoms with Gasteiger partial charge in [0, 0.05) is 32.2 Å². The van der Waals surface area contributed by atoms with Gasteiger partial charge in [-0.15, -0.1) is 0 Å². The van der Waals surface area contributed by atoms with Crippen LogP contribution in [0.1, 0.15) is 0 Å². The SMILES string of the molecule is O=[N+]([O-])c1ccc(N2CCN(S(=O)(=O)c3cccc(F)c3)CC2)nc1. The van der Waals surface area contributed by atoms with Crippen molar-refractivity contribution in [2.24, 2.45) is 0 Å². The second-order valence-electron chi connectivity index (χ2n) is 5.48. The van der Waals surface area contributed by atoms with Gasteiger partial charge < -0.3 is 4.90 Å². The van der Waals surface area contributed by atoms with Gasteiger partial charge in [0.1, 0.15) is 17.8 Å². The second kappa shape index (κ2) is 6.73. The average molecular weight is 366 g/mol. The summed E-state index contributed by atoms with van der Waals surface area (Å²) in [6, 6.07) is 7.81. The summed E-state index contributed by atoms with van der Waals surface area (Å²) in [4.78, 5) is 15.9. The Labute approximate surface area is 143 Å². The van der Waals surface area contributed by atoms with Crippen LogP contribution in [0.5, 0.6) is 0 Å². The van der Waals surface area contributed by atoms with Crippen LogP contribution < -0.4 is 4.90 Å². The third-order valence-electron chi connectivity index (χ3n) is 3.94. The van der Waals surface area contributed by atoms with Crippen molar-refractivity contribution >= 4 is 21.5 Å². The van der Waals surface area contributed by atoms with Crippen molar-refractivity contribution in [2.75, 3.05) is 31.1 Å². The van der Waals surface area contributed by atoms with Gasteiger partial charge >= 0.3 is 0 Å². The maximum Gasteiger partial charge on any atom is 0.287 e. The third kappa shape index (κ3) is 3.59. The van der Waals surface area contributed by atoms with Gasteiger partial charge in [-0.2, -0.15) is 4.31 Å². The quantitative estimate of drug-likeness (QED) is 0.603. The van der Waals surface area contributed by atoms with E-state index in [0.717, 1.165) is 6.07 Å². The molecule has 1 saturated heterocycles. The number of nitro groups is 1. The van der Waals surface area contributed by atoms with E-state index in [1.807, 2.05) is 4.90 Å². The van der Waals surface area contributed by atoms with Gasteiger partial charge in [0.2, 0.25) is 10.0 Å². The molecule has 0 atom stereocenters. The van der Waals surface area contributed by atoms with Gasteiger partial charge in [-0.25, -0.2) is 17.8 Å². The monoisotopic (exact) mass is 366 g/mol. The molecule has 1 fully saturated rings. The van der Waals surface area contributed by atoms with E-state index in [0.29, 0.717) is 18.9 Å². The van der Waals surface area contributed by atoms with Gasteiger partial charge in [0.25, 0.3) is 5.69 Å². The van der Waals surface area contributed by atoms with Crippen LogP contribution in [0.25, 0.3) is 0 Å². The summed E-state index contributed by atoms with van der Waals surface area (Å²) in [6.45, 7) is 1.22. The Bertz CT molecular complexity index is 881. The predicted octanol–water partition coefficient (Wildman–Crippen LogP) is 1.64. The van der Waals surface area contributed by atoms with Crippen LogP contribution in [0.4, 0.5) is 15.9 Å². The van der Waals surface area contributed by atoms with Crippen molar-refractivity contribution in [1.82, 2.24) is 9.29 Å². The van der Waals surface area contributed by atoms with Crippen molar-refractivity contribution in [3.8, 4) is 0 Å². The molecule has 0 amide bonds. The molecule has 0 spiro atoms. The molecule has 1 aliphatic rings. The molecule has 3 rings (SSSR count). The van der Waals surface area contributed by atoms with E-state index in [1.54, 1.807) is 0 Å². The van der Waals surface area contributed by atoms with Crippen LogP contribution in [0.15, 0.2) is 47.5 Å². The molecule has 8 nitrogen and oxygen atoms in total. The Morgan fingerprint density at radius 2 is 1.84 bits per heavy atom. The van der Waals surface area contributed by atoms with Crippen molar-refractivity contribution in [2.45, 2.75) is 4.90 Å². The van der Waals surface area contributed by atoms with Crippen LogP contribution in [0, 0.1) is 15.9 Å². The highest BCUT2D eigenvalue weighted by molar-refractivity contribution is 7.89. The summed E-state index contributed by atoms with van der Waals surface area (Å²) in [5.41, 5.74) is -0.101. The fourth-order valence-corrected chi connectivity index (χ4v) is 4.06. The first kappa shape index (κ1) is 17.2. The Morgan fingerprint density at radius 1 is 1.12 bits per heavy atom. The number of rotatable bonds is 4. The van der Waals surface area contributed by atoms with Gasteiger partial charge in [-0.05, 0) is 24.3 Å². The Balaban J connectivity index is 1.70. The van der Waals surface area contributed by atoms with E-state index in [9.17, 15) is 22.9 Å². The minimum absolute atomic E-state index is 0.0746. The summed E-state index contributed by atoms with van der Waals surface area (Å²) in [5.74, 6) is -0.0526. The number of aromatic nitrogens is 1. The number of benzene rings is 1. The Hall–Kier alpha value is -2.59. The molecule has 0 bridgehead atoms. The molecule has 2 heterocycles. The molecule has 1 aromatic carbocycles. The standard InChI is InChI=1S/C15H15FN4O4S/c16-12-2-1-3-14(10-12)25(23,24)19-8-6-18(7-9-19)15-5-4-13(11-17-15)20(21)22/h1-5,10-11H,6-9H2. The minimum Gasteiger partial charge on any atom is -0.354 e. The second-order valence-corrected chi connectivity index (χ2v) is 7.42. The number of anilines is 1. The highest BCUT2D eigenvalue weighted by atomic mass is 32.2. The molecular formula is C15H15FN4O4S. The van der Waals surface area contributed by atoms with E-state index in [1.165, 1.54) is 40.8 Å². The summed E-state index contributed by atoms with van der Waals surface area (Å²) in [6.07, 6.45) is 1.17. The number of piperazine rings is 1. The third-order valence-corrected chi connectivity index (χ3v) is 5.83. The fraction of sp³-hybridized carbons (Fsp3) is 0.267. The molecule has 2 aromatic rings. The molecule has 0 N–H and O–H groups in total. The lowest BCUT2D eigenvalue weighted by atomic mass is 10.3. The topological polar surface area (TPSA) is 96.6 Å². The van der Waals surface area contributed by atoms with Gasteiger partial charge in [-0.1, -0.05) is 6.07 Å². The largest absolute Gasteiger partial charge is 0.354 e. The lowest BCUT2D eigenvalue weighted by molar-refractivity contribution is -0.385. The number of hydrogen-bond acceptors (Lipinski definition) is 6. The molecule has 10 heteroatoms. The molecule has 1 aromatic heterocycles. The van der Waals surface area contributed by atoms with E-state index >= 15 is 0 Å². The predicted molar refractivity (Wildman–Crippen MR) is 88.3 cm³/mol. The zero-order valence-corrected chi connectivity index (χ0v) is 13.9. The van der Waals surface area contributed by atoms with E-state index < -0.39 is 20.8 Å². The first-order valence-corrected chi connectivity index (χ1v) is 8.93. The summed E-state index contributed by atoms with van der Waals surface area (Å²) >= 11 is 0. The van der Waals surface area contributed by atoms with Crippen LogP contribution in [0.2, 0.25) is 0 Å². The van der Waals surface area contributed by atoms with Gasteiger partial charge in [0.05, 0.1) is 9.82 Å². The highest BCUT2D eigenvalue weighted by Crippen LogP contribution is 2.21. The van der Waals surface area contributed by atoms with Crippen molar-refractivity contribution in [3.05, 3.63) is 58.5 Å². The van der Waals surface area contributed by atoms with Crippen LogP contribution in [-0.2, 0) is 10.0 Å². The fourth-order valence-electron chi connectivity index (χ4n) is 2.61. The maximum atomic E-state index is 13.3. The van der Waals surface area contributed by atoms with Crippen LogP contribution in [0.3, 0.4) is 0 Å². The summed E-state index contributed by atoms with van der Waals surface area (Å²) in [7, 11) is -3.75. The minimum atomic E-state index is -3.75. The lowest BCUT2D eigenvalue weighted by Crippen LogP contribution is -2.48. The molecule has 0 aliphatic carbocycles. The molecule has 132 valence electrons. The molecule has 0 saturated carbocycles. The molecule has 25 heavy (non-hydrogen) atoms. The lowest BCUT2D eigenvalue weighted by Gasteiger charge is -2.34. The number of sulfonamides is 1. The molecule has 1 aliphatic heterocycles. The first-order valence-electron chi connectivity index (χ1n) is 7.49. The smallest absolute Gasteiger partial charge is 0.287 e. The van der Waals surface area contributed by atoms with Crippen molar-refractivity contribution < 1.29 is 17.7 Å². The van der Waals surface area contributed by atoms with Crippen LogP contribution >= 0.6 is 0 Å². The molecule has 0 radical (unpaired) electrons. The van der Waals surface area contributed by atoms with Crippen molar-refractivity contribution in [1.29, 1.82) is 0 Å². The van der Waals surface area contributed by atoms with Crippen molar-refractivity contribution in [3.63, 3.8) is 0 Å². The normalized spacial score (nSPS) is 16.0. The van der Waals surface area contributed by atoms with Gasteiger partial charge in [-0.3, -0.25) is 10.1 Å². The maximum absolute atomic E-state index is 13.3. The number of halogens is 1. The van der Waals surface area contributed by atoms with Crippen LogP contribution in [-0.4, -0.2) is 48.8 Å². The zero-order chi connectivity index (χ0) is 18.0. The number of hydrogen-bond donors (Lipinski definition) is 0. The molecule has 0 unspecified atom stereocenters. The van der Waals surface area contributed by atoms with E-state index in [-0.39, 0.29) is 23.7 Å². The molecular weight excluding hydrogens is 351 g/mol. The Kier molecular flexibility index (Phi) is 4.64. The summed E-state index contributed by atoms with van der Waals surface area (Å²) in [5, 5.41) is 10.7. The number of nitrogens with zero attached hydrogens (tertiary/aromatic N) is 4. The van der Waals surface area contributed by atoms with Gasteiger partial charge in [0.15, 0.2) is 0 Å². The highest BCUT2D eigenvalue weighted by Gasteiger charge is 2.29. The van der Waals surface area contributed by atoms with E-state index in [2.05, 4.69) is 4.98 Å². The average Bonchev–Trinajstić information content (AvgIpc) is 2.62. The van der Waals surface area contributed by atoms with E-state index in [4.69, 9.17) is 0 Å². The number of pyridine rings is 1. The first-order chi connectivity index (χ1) is 11.9. The zero-order valence-electron chi connectivity index (χ0n) is 13.1.